The molecule has 0 saturated heterocycles. The quantitative estimate of drug-likeness (QED) is 0.412. The SMILES string of the molecule is COc1ccccc1Nc1nc(N)nc(CSCc2coc(-c3ccc(F)cc3)n2)n1. The Labute approximate surface area is 182 Å². The van der Waals surface area contributed by atoms with E-state index in [1.165, 1.54) is 12.1 Å². The Morgan fingerprint density at radius 3 is 2.65 bits per heavy atom. The molecule has 0 spiro atoms. The molecule has 2 aromatic carbocycles. The molecule has 0 aliphatic rings. The number of hydrogen-bond donors (Lipinski definition) is 2. The van der Waals surface area contributed by atoms with Crippen molar-refractivity contribution in [3.05, 3.63) is 72.1 Å². The zero-order valence-corrected chi connectivity index (χ0v) is 17.4. The van der Waals surface area contributed by atoms with Crippen LogP contribution < -0.4 is 15.8 Å². The maximum absolute atomic E-state index is 13.1. The fraction of sp³-hybridized carbons (Fsp3) is 0.143. The molecule has 0 amide bonds. The Morgan fingerprint density at radius 1 is 1.03 bits per heavy atom. The molecule has 0 radical (unpaired) electrons. The van der Waals surface area contributed by atoms with E-state index in [0.29, 0.717) is 34.9 Å². The van der Waals surface area contributed by atoms with Crippen LogP contribution in [0.25, 0.3) is 11.5 Å². The van der Waals surface area contributed by atoms with Crippen LogP contribution in [0.3, 0.4) is 0 Å². The molecule has 0 unspecified atom stereocenters. The maximum Gasteiger partial charge on any atom is 0.232 e. The molecule has 0 saturated carbocycles. The van der Waals surface area contributed by atoms with Gasteiger partial charge in [-0.05, 0) is 36.4 Å². The molecule has 2 heterocycles. The first-order valence-electron chi connectivity index (χ1n) is 9.29. The zero-order chi connectivity index (χ0) is 21.6. The van der Waals surface area contributed by atoms with Crippen LogP contribution in [0, 0.1) is 5.82 Å². The van der Waals surface area contributed by atoms with E-state index in [1.807, 2.05) is 24.3 Å². The van der Waals surface area contributed by atoms with E-state index in [1.54, 1.807) is 37.3 Å². The summed E-state index contributed by atoms with van der Waals surface area (Å²) in [7, 11) is 1.59. The van der Waals surface area contributed by atoms with Crippen LogP contribution in [0.4, 0.5) is 22.0 Å². The van der Waals surface area contributed by atoms with E-state index in [2.05, 4.69) is 25.3 Å². The van der Waals surface area contributed by atoms with Crippen molar-refractivity contribution in [1.82, 2.24) is 19.9 Å². The van der Waals surface area contributed by atoms with Gasteiger partial charge in [0.05, 0.1) is 24.2 Å². The smallest absolute Gasteiger partial charge is 0.232 e. The third-order valence-electron chi connectivity index (χ3n) is 4.18. The summed E-state index contributed by atoms with van der Waals surface area (Å²) < 4.78 is 23.9. The average molecular weight is 438 g/mol. The number of anilines is 3. The summed E-state index contributed by atoms with van der Waals surface area (Å²) in [5.74, 6) is 2.91. The first kappa shape index (κ1) is 20.6. The van der Waals surface area contributed by atoms with Gasteiger partial charge in [-0.15, -0.1) is 11.8 Å². The highest BCUT2D eigenvalue weighted by Gasteiger charge is 2.10. The minimum Gasteiger partial charge on any atom is -0.495 e. The number of halogens is 1. The second-order valence-electron chi connectivity index (χ2n) is 6.40. The number of nitrogens with zero attached hydrogens (tertiary/aromatic N) is 4. The lowest BCUT2D eigenvalue weighted by Crippen LogP contribution is -2.07. The summed E-state index contributed by atoms with van der Waals surface area (Å²) in [5, 5.41) is 3.11. The Balaban J connectivity index is 1.38. The van der Waals surface area contributed by atoms with Gasteiger partial charge in [0.15, 0.2) is 0 Å². The number of hydrogen-bond acceptors (Lipinski definition) is 9. The van der Waals surface area contributed by atoms with Gasteiger partial charge in [0.2, 0.25) is 17.8 Å². The lowest BCUT2D eigenvalue weighted by Gasteiger charge is -2.10. The number of nitrogen functional groups attached to an aromatic ring is 1. The molecule has 3 N–H and O–H groups in total. The van der Waals surface area contributed by atoms with Crippen LogP contribution >= 0.6 is 11.8 Å². The van der Waals surface area contributed by atoms with Crippen LogP contribution in [-0.4, -0.2) is 27.0 Å². The average Bonchev–Trinajstić information content (AvgIpc) is 3.23. The van der Waals surface area contributed by atoms with Crippen LogP contribution in [0.5, 0.6) is 5.75 Å². The molecule has 8 nitrogen and oxygen atoms in total. The molecule has 4 rings (SSSR count). The maximum atomic E-state index is 13.1. The lowest BCUT2D eigenvalue weighted by atomic mass is 10.2. The van der Waals surface area contributed by atoms with E-state index in [9.17, 15) is 4.39 Å². The van der Waals surface area contributed by atoms with Gasteiger partial charge in [0, 0.05) is 11.3 Å². The first-order valence-corrected chi connectivity index (χ1v) is 10.4. The summed E-state index contributed by atoms with van der Waals surface area (Å²) in [6.45, 7) is 0. The fourth-order valence-electron chi connectivity index (χ4n) is 2.77. The molecule has 31 heavy (non-hydrogen) atoms. The van der Waals surface area contributed by atoms with Gasteiger partial charge in [-0.1, -0.05) is 12.1 Å². The van der Waals surface area contributed by atoms with Crippen molar-refractivity contribution in [3.63, 3.8) is 0 Å². The Bertz CT molecular complexity index is 1170. The summed E-state index contributed by atoms with van der Waals surface area (Å²) in [4.78, 5) is 17.2. The Kier molecular flexibility index (Phi) is 6.27. The van der Waals surface area contributed by atoms with Gasteiger partial charge in [-0.25, -0.2) is 9.37 Å². The highest BCUT2D eigenvalue weighted by Crippen LogP contribution is 2.26. The molecular weight excluding hydrogens is 419 g/mol. The first-order chi connectivity index (χ1) is 15.1. The van der Waals surface area contributed by atoms with Crippen molar-refractivity contribution in [2.24, 2.45) is 0 Å². The molecule has 158 valence electrons. The van der Waals surface area contributed by atoms with Crippen molar-refractivity contribution in [1.29, 1.82) is 0 Å². The number of rotatable bonds is 8. The topological polar surface area (TPSA) is 112 Å². The fourth-order valence-corrected chi connectivity index (χ4v) is 3.53. The van der Waals surface area contributed by atoms with Crippen LogP contribution in [0.1, 0.15) is 11.5 Å². The number of nitrogens with one attached hydrogen (secondary N) is 1. The van der Waals surface area contributed by atoms with E-state index in [4.69, 9.17) is 14.9 Å². The van der Waals surface area contributed by atoms with Gasteiger partial charge in [-0.3, -0.25) is 0 Å². The Hall–Kier alpha value is -3.66. The predicted octanol–water partition coefficient (Wildman–Crippen LogP) is 4.43. The van der Waals surface area contributed by atoms with Crippen molar-refractivity contribution < 1.29 is 13.5 Å². The number of thioether (sulfide) groups is 1. The number of aromatic nitrogens is 4. The predicted molar refractivity (Wildman–Crippen MR) is 117 cm³/mol. The van der Waals surface area contributed by atoms with Crippen molar-refractivity contribution in [2.45, 2.75) is 11.5 Å². The van der Waals surface area contributed by atoms with Gasteiger partial charge >= 0.3 is 0 Å². The van der Waals surface area contributed by atoms with Crippen molar-refractivity contribution >= 4 is 29.3 Å². The second kappa shape index (κ2) is 9.43. The van der Waals surface area contributed by atoms with Gasteiger partial charge in [0.25, 0.3) is 0 Å². The lowest BCUT2D eigenvalue weighted by molar-refractivity contribution is 0.417. The normalized spacial score (nSPS) is 10.8. The number of benzene rings is 2. The minimum absolute atomic E-state index is 0.128. The standard InChI is InChI=1S/C21H19FN6O2S/c1-29-17-5-3-2-4-16(17)25-21-27-18(26-20(23)28-21)12-31-11-15-10-30-19(24-15)13-6-8-14(22)9-7-13/h2-10H,11-12H2,1H3,(H3,23,25,26,27,28). The summed E-state index contributed by atoms with van der Waals surface area (Å²) in [6, 6.07) is 13.4. The largest absolute Gasteiger partial charge is 0.495 e. The van der Waals surface area contributed by atoms with Gasteiger partial charge in [-0.2, -0.15) is 15.0 Å². The number of methoxy groups -OCH3 is 1. The monoisotopic (exact) mass is 438 g/mol. The van der Waals surface area contributed by atoms with Crippen LogP contribution in [0.15, 0.2) is 59.2 Å². The summed E-state index contributed by atoms with van der Waals surface area (Å²) in [5.41, 5.74) is 8.06. The van der Waals surface area contributed by atoms with Gasteiger partial charge < -0.3 is 20.2 Å². The van der Waals surface area contributed by atoms with Gasteiger partial charge in [0.1, 0.15) is 23.7 Å². The summed E-state index contributed by atoms with van der Waals surface area (Å²) in [6.07, 6.45) is 1.59. The molecular formula is C21H19FN6O2S. The molecule has 0 aliphatic heterocycles. The Morgan fingerprint density at radius 2 is 1.84 bits per heavy atom. The molecule has 0 aliphatic carbocycles. The number of ether oxygens (including phenoxy) is 1. The van der Waals surface area contributed by atoms with E-state index >= 15 is 0 Å². The van der Waals surface area contributed by atoms with E-state index in [-0.39, 0.29) is 11.8 Å². The van der Waals surface area contributed by atoms with Crippen molar-refractivity contribution in [2.75, 3.05) is 18.2 Å². The third-order valence-corrected chi connectivity index (χ3v) is 5.14. The zero-order valence-electron chi connectivity index (χ0n) is 16.6. The number of para-hydroxylation sites is 2. The van der Waals surface area contributed by atoms with E-state index < -0.39 is 0 Å². The van der Waals surface area contributed by atoms with Crippen LogP contribution in [-0.2, 0) is 11.5 Å². The molecule has 0 bridgehead atoms. The number of oxazole rings is 1. The molecule has 2 aromatic heterocycles. The highest BCUT2D eigenvalue weighted by atomic mass is 32.2. The van der Waals surface area contributed by atoms with Crippen molar-refractivity contribution in [3.8, 4) is 17.2 Å². The van der Waals surface area contributed by atoms with Crippen LogP contribution in [0.2, 0.25) is 0 Å². The molecule has 10 heteroatoms. The second-order valence-corrected chi connectivity index (χ2v) is 7.39. The molecule has 4 aromatic rings. The van der Waals surface area contributed by atoms with E-state index in [0.717, 1.165) is 16.9 Å². The number of nitrogens with two attached hydrogens (primary N) is 1. The molecule has 0 fully saturated rings. The third kappa shape index (κ3) is 5.28. The minimum atomic E-state index is -0.303. The summed E-state index contributed by atoms with van der Waals surface area (Å²) >= 11 is 1.56. The highest BCUT2D eigenvalue weighted by molar-refractivity contribution is 7.97. The molecule has 0 atom stereocenters.